The van der Waals surface area contributed by atoms with Crippen LogP contribution in [0.2, 0.25) is 0 Å². The molecule has 16 heavy (non-hydrogen) atoms. The van der Waals surface area contributed by atoms with E-state index in [2.05, 4.69) is 4.98 Å². The molecule has 1 aromatic heterocycles. The van der Waals surface area contributed by atoms with Crippen molar-refractivity contribution in [1.29, 1.82) is 0 Å². The van der Waals surface area contributed by atoms with Crippen molar-refractivity contribution in [1.82, 2.24) is 9.55 Å². The van der Waals surface area contributed by atoms with E-state index in [-0.39, 0.29) is 11.9 Å². The zero-order chi connectivity index (χ0) is 11.7. The molecule has 0 spiro atoms. The van der Waals surface area contributed by atoms with Crippen molar-refractivity contribution in [2.45, 2.75) is 13.0 Å². The highest BCUT2D eigenvalue weighted by molar-refractivity contribution is 5.30. The van der Waals surface area contributed by atoms with E-state index in [0.29, 0.717) is 5.56 Å². The van der Waals surface area contributed by atoms with Gasteiger partial charge >= 0.3 is 0 Å². The van der Waals surface area contributed by atoms with Crippen LogP contribution >= 0.6 is 0 Å². The highest BCUT2D eigenvalue weighted by Crippen LogP contribution is 2.19. The third-order valence-electron chi connectivity index (χ3n) is 2.58. The predicted molar refractivity (Wildman–Crippen MR) is 60.4 cm³/mol. The number of rotatable bonds is 2. The summed E-state index contributed by atoms with van der Waals surface area (Å²) in [5, 5.41) is 0. The highest BCUT2D eigenvalue weighted by atomic mass is 19.1. The molecule has 0 radical (unpaired) electrons. The monoisotopic (exact) mass is 219 g/mol. The average Bonchev–Trinajstić information content (AvgIpc) is 2.68. The van der Waals surface area contributed by atoms with Gasteiger partial charge in [-0.3, -0.25) is 0 Å². The van der Waals surface area contributed by atoms with Gasteiger partial charge in [-0.1, -0.05) is 12.1 Å². The summed E-state index contributed by atoms with van der Waals surface area (Å²) in [5.74, 6) is -0.211. The largest absolute Gasteiger partial charge is 0.340 e. The lowest BCUT2D eigenvalue weighted by Gasteiger charge is -2.10. The van der Waals surface area contributed by atoms with Crippen LogP contribution < -0.4 is 5.73 Å². The number of hydrogen-bond donors (Lipinski definition) is 1. The van der Waals surface area contributed by atoms with Crippen LogP contribution in [0.5, 0.6) is 0 Å². The van der Waals surface area contributed by atoms with Crippen molar-refractivity contribution in [3.8, 4) is 0 Å². The Morgan fingerprint density at radius 3 is 2.75 bits per heavy atom. The van der Waals surface area contributed by atoms with Crippen LogP contribution in [-0.4, -0.2) is 9.55 Å². The molecule has 0 aliphatic rings. The van der Waals surface area contributed by atoms with Crippen LogP contribution in [-0.2, 0) is 7.05 Å². The number of nitrogens with two attached hydrogens (primary N) is 1. The van der Waals surface area contributed by atoms with Crippen molar-refractivity contribution < 1.29 is 4.39 Å². The van der Waals surface area contributed by atoms with Gasteiger partial charge in [-0.25, -0.2) is 9.37 Å². The fourth-order valence-corrected chi connectivity index (χ4v) is 1.63. The standard InChI is InChI=1S/C12H14FN3/c1-8-5-9(3-4-10(8)13)12(14)11-6-16(2)7-15-11/h3-7,12H,14H2,1-2H3. The van der Waals surface area contributed by atoms with Crippen molar-refractivity contribution in [2.24, 2.45) is 12.8 Å². The third-order valence-corrected chi connectivity index (χ3v) is 2.58. The first kappa shape index (κ1) is 10.8. The van der Waals surface area contributed by atoms with E-state index in [9.17, 15) is 4.39 Å². The zero-order valence-corrected chi connectivity index (χ0v) is 9.31. The van der Waals surface area contributed by atoms with E-state index in [1.165, 1.54) is 6.07 Å². The molecule has 84 valence electrons. The van der Waals surface area contributed by atoms with Gasteiger partial charge in [0.15, 0.2) is 0 Å². The van der Waals surface area contributed by atoms with Gasteiger partial charge in [0, 0.05) is 13.2 Å². The molecule has 1 aromatic carbocycles. The molecule has 1 heterocycles. The predicted octanol–water partition coefficient (Wildman–Crippen LogP) is 1.92. The Morgan fingerprint density at radius 2 is 2.19 bits per heavy atom. The lowest BCUT2D eigenvalue weighted by molar-refractivity contribution is 0.616. The molecule has 0 aliphatic carbocycles. The molecule has 1 unspecified atom stereocenters. The Kier molecular flexibility index (Phi) is 2.75. The summed E-state index contributed by atoms with van der Waals surface area (Å²) in [5.41, 5.74) is 8.31. The average molecular weight is 219 g/mol. The molecule has 2 N–H and O–H groups in total. The number of halogens is 1. The van der Waals surface area contributed by atoms with Gasteiger partial charge in [-0.05, 0) is 24.1 Å². The molecule has 4 heteroatoms. The number of benzene rings is 1. The Morgan fingerprint density at radius 1 is 1.44 bits per heavy atom. The molecular weight excluding hydrogens is 205 g/mol. The minimum Gasteiger partial charge on any atom is -0.340 e. The smallest absolute Gasteiger partial charge is 0.126 e. The van der Waals surface area contributed by atoms with E-state index in [0.717, 1.165) is 11.3 Å². The van der Waals surface area contributed by atoms with Crippen molar-refractivity contribution >= 4 is 0 Å². The topological polar surface area (TPSA) is 43.8 Å². The van der Waals surface area contributed by atoms with Gasteiger partial charge < -0.3 is 10.3 Å². The minimum atomic E-state index is -0.305. The summed E-state index contributed by atoms with van der Waals surface area (Å²) in [6.45, 7) is 1.73. The van der Waals surface area contributed by atoms with Gasteiger partial charge in [0.05, 0.1) is 18.1 Å². The lowest BCUT2D eigenvalue weighted by atomic mass is 10.0. The summed E-state index contributed by atoms with van der Waals surface area (Å²) in [7, 11) is 1.89. The Balaban J connectivity index is 2.33. The van der Waals surface area contributed by atoms with Crippen molar-refractivity contribution in [3.05, 3.63) is 53.4 Å². The molecule has 0 saturated carbocycles. The number of imidazole rings is 1. The first-order valence-corrected chi connectivity index (χ1v) is 5.07. The molecule has 3 nitrogen and oxygen atoms in total. The van der Waals surface area contributed by atoms with Gasteiger partial charge in [0.25, 0.3) is 0 Å². The molecule has 1 atom stereocenters. The summed E-state index contributed by atoms with van der Waals surface area (Å²) < 4.78 is 14.9. The molecule has 0 bridgehead atoms. The number of nitrogens with zero attached hydrogens (tertiary/aromatic N) is 2. The van der Waals surface area contributed by atoms with Gasteiger partial charge in [0.2, 0.25) is 0 Å². The molecular formula is C12H14FN3. The summed E-state index contributed by atoms with van der Waals surface area (Å²) in [6, 6.07) is 4.59. The second-order valence-electron chi connectivity index (χ2n) is 3.95. The lowest BCUT2D eigenvalue weighted by Crippen LogP contribution is -2.12. The SMILES string of the molecule is Cc1cc(C(N)c2cn(C)cn2)ccc1F. The third kappa shape index (κ3) is 1.97. The van der Waals surface area contributed by atoms with Crippen LogP contribution in [0.15, 0.2) is 30.7 Å². The van der Waals surface area contributed by atoms with Gasteiger partial charge in [0.1, 0.15) is 5.82 Å². The first-order valence-electron chi connectivity index (χ1n) is 5.07. The van der Waals surface area contributed by atoms with Crippen LogP contribution in [0.3, 0.4) is 0 Å². The maximum absolute atomic E-state index is 13.1. The van der Waals surface area contributed by atoms with E-state index in [4.69, 9.17) is 5.73 Å². The Hall–Kier alpha value is -1.68. The molecule has 2 aromatic rings. The van der Waals surface area contributed by atoms with Crippen molar-refractivity contribution in [2.75, 3.05) is 0 Å². The summed E-state index contributed by atoms with van der Waals surface area (Å²) in [6.07, 6.45) is 3.56. The van der Waals surface area contributed by atoms with E-state index < -0.39 is 0 Å². The maximum atomic E-state index is 13.1. The second kappa shape index (κ2) is 4.06. The fourth-order valence-electron chi connectivity index (χ4n) is 1.63. The van der Waals surface area contributed by atoms with E-state index >= 15 is 0 Å². The van der Waals surface area contributed by atoms with Crippen LogP contribution in [0.1, 0.15) is 22.9 Å². The van der Waals surface area contributed by atoms with Crippen LogP contribution in [0.4, 0.5) is 4.39 Å². The van der Waals surface area contributed by atoms with Gasteiger partial charge in [-0.15, -0.1) is 0 Å². The fraction of sp³-hybridized carbons (Fsp3) is 0.250. The van der Waals surface area contributed by atoms with Crippen LogP contribution in [0, 0.1) is 12.7 Å². The number of aromatic nitrogens is 2. The molecule has 0 amide bonds. The molecule has 0 saturated heterocycles. The molecule has 0 aliphatic heterocycles. The zero-order valence-electron chi connectivity index (χ0n) is 9.31. The van der Waals surface area contributed by atoms with E-state index in [1.807, 2.05) is 17.8 Å². The number of aryl methyl sites for hydroxylation is 2. The summed E-state index contributed by atoms with van der Waals surface area (Å²) in [4.78, 5) is 4.19. The summed E-state index contributed by atoms with van der Waals surface area (Å²) >= 11 is 0. The second-order valence-corrected chi connectivity index (χ2v) is 3.95. The molecule has 0 fully saturated rings. The Labute approximate surface area is 93.7 Å². The highest BCUT2D eigenvalue weighted by Gasteiger charge is 2.12. The van der Waals surface area contributed by atoms with Gasteiger partial charge in [-0.2, -0.15) is 0 Å². The Bertz CT molecular complexity index is 505. The van der Waals surface area contributed by atoms with Crippen molar-refractivity contribution in [3.63, 3.8) is 0 Å². The van der Waals surface area contributed by atoms with Crippen LogP contribution in [0.25, 0.3) is 0 Å². The van der Waals surface area contributed by atoms with E-state index in [1.54, 1.807) is 25.4 Å². The molecule has 2 rings (SSSR count). The normalized spacial score (nSPS) is 12.8. The quantitative estimate of drug-likeness (QED) is 0.838. The first-order chi connectivity index (χ1) is 7.58. The minimum absolute atomic E-state index is 0.211. The maximum Gasteiger partial charge on any atom is 0.126 e. The number of hydrogen-bond acceptors (Lipinski definition) is 2.